The maximum absolute atomic E-state index is 12.9. The molecule has 0 aromatic heterocycles. The molecule has 0 atom stereocenters. The largest absolute Gasteiger partial charge is 0.496 e. The molecule has 5 nitrogen and oxygen atoms in total. The second kappa shape index (κ2) is 9.30. The summed E-state index contributed by atoms with van der Waals surface area (Å²) in [6, 6.07) is 15.9. The summed E-state index contributed by atoms with van der Waals surface area (Å²) in [5.74, 6) is 1.38. The smallest absolute Gasteiger partial charge is 0.231 e. The molecule has 1 aliphatic rings. The van der Waals surface area contributed by atoms with E-state index in [2.05, 4.69) is 31.9 Å². The topological polar surface area (TPSA) is 61.8 Å². The summed E-state index contributed by atoms with van der Waals surface area (Å²) in [5, 5.41) is 0. The van der Waals surface area contributed by atoms with Gasteiger partial charge in [0, 0.05) is 25.6 Å². The van der Waals surface area contributed by atoms with Crippen molar-refractivity contribution in [3.05, 3.63) is 91.6 Å². The van der Waals surface area contributed by atoms with Crippen molar-refractivity contribution in [2.75, 3.05) is 13.7 Å². The molecule has 0 bridgehead atoms. The quantitative estimate of drug-likeness (QED) is 0.259. The number of carbonyl (C=O) groups is 2. The Kier molecular flexibility index (Phi) is 6.48. The molecule has 3 aromatic rings. The lowest BCUT2D eigenvalue weighted by Gasteiger charge is -2.11. The van der Waals surface area contributed by atoms with E-state index in [4.69, 9.17) is 14.2 Å². The minimum atomic E-state index is -0.220. The standard InChI is InChI=1S/C25H18Br2O5/c1-14-21(31-13-20(28)15-3-5-17(26)6-4-15)10-8-19-24(29)23(32-25(14)19)12-16-11-18(27)7-9-22(16)30-2/h3-12H,13H2,1-2H3/b23-12-. The van der Waals surface area contributed by atoms with Crippen molar-refractivity contribution in [3.63, 3.8) is 0 Å². The first kappa shape index (κ1) is 22.3. The van der Waals surface area contributed by atoms with Crippen molar-refractivity contribution >= 4 is 49.5 Å². The van der Waals surface area contributed by atoms with Crippen LogP contribution in [0.5, 0.6) is 17.2 Å². The van der Waals surface area contributed by atoms with Crippen LogP contribution in [0.1, 0.15) is 31.8 Å². The normalized spacial score (nSPS) is 13.6. The van der Waals surface area contributed by atoms with Crippen molar-refractivity contribution in [1.82, 2.24) is 0 Å². The van der Waals surface area contributed by atoms with E-state index in [9.17, 15) is 9.59 Å². The van der Waals surface area contributed by atoms with Crippen LogP contribution in [-0.4, -0.2) is 25.3 Å². The van der Waals surface area contributed by atoms with E-state index in [0.29, 0.717) is 39.5 Å². The Hall–Kier alpha value is -2.90. The van der Waals surface area contributed by atoms with Crippen LogP contribution in [-0.2, 0) is 0 Å². The van der Waals surface area contributed by atoms with Gasteiger partial charge in [-0.25, -0.2) is 0 Å². The summed E-state index contributed by atoms with van der Waals surface area (Å²) in [7, 11) is 1.57. The molecule has 0 radical (unpaired) electrons. The third-order valence-electron chi connectivity index (χ3n) is 5.04. The van der Waals surface area contributed by atoms with E-state index in [1.807, 2.05) is 30.3 Å². The van der Waals surface area contributed by atoms with Crippen molar-refractivity contribution in [3.8, 4) is 17.2 Å². The Bertz CT molecular complexity index is 1250. The second-order valence-electron chi connectivity index (χ2n) is 7.11. The van der Waals surface area contributed by atoms with E-state index in [1.54, 1.807) is 44.4 Å². The fourth-order valence-corrected chi connectivity index (χ4v) is 3.99. The van der Waals surface area contributed by atoms with Gasteiger partial charge in [0.1, 0.15) is 17.2 Å². The molecule has 0 saturated carbocycles. The van der Waals surface area contributed by atoms with Crippen molar-refractivity contribution in [2.45, 2.75) is 6.92 Å². The van der Waals surface area contributed by atoms with Crippen LogP contribution in [0.4, 0.5) is 0 Å². The molecule has 3 aromatic carbocycles. The van der Waals surface area contributed by atoms with Crippen LogP contribution in [0.15, 0.2) is 69.3 Å². The van der Waals surface area contributed by atoms with Crippen LogP contribution < -0.4 is 14.2 Å². The summed E-state index contributed by atoms with van der Waals surface area (Å²) in [6.45, 7) is 1.68. The molecular weight excluding hydrogens is 540 g/mol. The molecule has 0 amide bonds. The minimum absolute atomic E-state index is 0.118. The zero-order valence-corrected chi connectivity index (χ0v) is 20.4. The number of Topliss-reactive ketones (excluding diaryl/α,β-unsaturated/α-hetero) is 2. The number of methoxy groups -OCH3 is 1. The number of halogens is 2. The van der Waals surface area contributed by atoms with Crippen LogP contribution in [0.25, 0.3) is 6.08 Å². The Labute approximate surface area is 202 Å². The summed E-state index contributed by atoms with van der Waals surface area (Å²) in [5.41, 5.74) is 2.39. The molecule has 0 fully saturated rings. The third-order valence-corrected chi connectivity index (χ3v) is 6.06. The van der Waals surface area contributed by atoms with Crippen LogP contribution in [0.3, 0.4) is 0 Å². The molecular formula is C25H18Br2O5. The Morgan fingerprint density at radius 2 is 1.69 bits per heavy atom. The van der Waals surface area contributed by atoms with E-state index in [-0.39, 0.29) is 23.9 Å². The van der Waals surface area contributed by atoms with Gasteiger partial charge in [0.05, 0.1) is 12.7 Å². The number of hydrogen-bond acceptors (Lipinski definition) is 5. The lowest BCUT2D eigenvalue weighted by molar-refractivity contribution is 0.0920. The van der Waals surface area contributed by atoms with Crippen LogP contribution in [0.2, 0.25) is 0 Å². The molecule has 32 heavy (non-hydrogen) atoms. The Morgan fingerprint density at radius 3 is 2.41 bits per heavy atom. The molecule has 1 heterocycles. The second-order valence-corrected chi connectivity index (χ2v) is 8.94. The van der Waals surface area contributed by atoms with Gasteiger partial charge in [-0.1, -0.05) is 44.0 Å². The SMILES string of the molecule is COc1ccc(Br)cc1/C=C1\Oc2c(ccc(OCC(=O)c3ccc(Br)cc3)c2C)C1=O. The van der Waals surface area contributed by atoms with E-state index >= 15 is 0 Å². The summed E-state index contributed by atoms with van der Waals surface area (Å²) in [4.78, 5) is 25.3. The van der Waals surface area contributed by atoms with Gasteiger partial charge in [-0.15, -0.1) is 0 Å². The summed E-state index contributed by atoms with van der Waals surface area (Å²) >= 11 is 6.78. The van der Waals surface area contributed by atoms with Crippen molar-refractivity contribution < 1.29 is 23.8 Å². The average Bonchev–Trinajstić information content (AvgIpc) is 3.10. The summed E-state index contributed by atoms with van der Waals surface area (Å²) < 4.78 is 18.8. The average molecular weight is 558 g/mol. The predicted molar refractivity (Wildman–Crippen MR) is 129 cm³/mol. The molecule has 4 rings (SSSR count). The number of hydrogen-bond donors (Lipinski definition) is 0. The number of carbonyl (C=O) groups excluding carboxylic acids is 2. The molecule has 7 heteroatoms. The lowest BCUT2D eigenvalue weighted by atomic mass is 10.1. The summed E-state index contributed by atoms with van der Waals surface area (Å²) in [6.07, 6.45) is 1.66. The zero-order chi connectivity index (χ0) is 22.8. The van der Waals surface area contributed by atoms with Gasteiger partial charge >= 0.3 is 0 Å². The fourth-order valence-electron chi connectivity index (χ4n) is 3.35. The van der Waals surface area contributed by atoms with E-state index in [1.165, 1.54) is 0 Å². The highest BCUT2D eigenvalue weighted by Gasteiger charge is 2.30. The number of rotatable bonds is 6. The number of ether oxygens (including phenoxy) is 3. The maximum Gasteiger partial charge on any atom is 0.231 e. The van der Waals surface area contributed by atoms with Gasteiger partial charge in [-0.3, -0.25) is 9.59 Å². The van der Waals surface area contributed by atoms with Gasteiger partial charge in [0.15, 0.2) is 18.1 Å². The number of ketones is 2. The first-order chi connectivity index (χ1) is 15.4. The molecule has 0 N–H and O–H groups in total. The number of benzene rings is 3. The Morgan fingerprint density at radius 1 is 1.00 bits per heavy atom. The first-order valence-electron chi connectivity index (χ1n) is 9.70. The third kappa shape index (κ3) is 4.49. The molecule has 1 aliphatic heterocycles. The Balaban J connectivity index is 1.55. The van der Waals surface area contributed by atoms with Gasteiger partial charge in [-0.2, -0.15) is 0 Å². The fraction of sp³-hybridized carbons (Fsp3) is 0.120. The molecule has 0 spiro atoms. The van der Waals surface area contributed by atoms with E-state index < -0.39 is 0 Å². The van der Waals surface area contributed by atoms with Gasteiger partial charge in [0.2, 0.25) is 5.78 Å². The monoisotopic (exact) mass is 556 g/mol. The highest BCUT2D eigenvalue weighted by molar-refractivity contribution is 9.10. The molecule has 0 unspecified atom stereocenters. The maximum atomic E-state index is 12.9. The number of allylic oxidation sites excluding steroid dienone is 1. The predicted octanol–water partition coefficient (Wildman–Crippen LogP) is 6.41. The van der Waals surface area contributed by atoms with Gasteiger partial charge < -0.3 is 14.2 Å². The minimum Gasteiger partial charge on any atom is -0.496 e. The first-order valence-corrected chi connectivity index (χ1v) is 11.3. The van der Waals surface area contributed by atoms with Crippen molar-refractivity contribution in [1.29, 1.82) is 0 Å². The number of fused-ring (bicyclic) bond motifs is 1. The lowest BCUT2D eigenvalue weighted by Crippen LogP contribution is -2.12. The molecule has 162 valence electrons. The van der Waals surface area contributed by atoms with Gasteiger partial charge in [-0.05, 0) is 55.5 Å². The zero-order valence-electron chi connectivity index (χ0n) is 17.3. The highest BCUT2D eigenvalue weighted by atomic mass is 79.9. The van der Waals surface area contributed by atoms with Crippen LogP contribution in [0, 0.1) is 6.92 Å². The molecule has 0 aliphatic carbocycles. The van der Waals surface area contributed by atoms with E-state index in [0.717, 1.165) is 8.95 Å². The molecule has 0 saturated heterocycles. The highest BCUT2D eigenvalue weighted by Crippen LogP contribution is 2.40. The van der Waals surface area contributed by atoms with Gasteiger partial charge in [0.25, 0.3) is 0 Å². The van der Waals surface area contributed by atoms with Crippen molar-refractivity contribution in [2.24, 2.45) is 0 Å². The van der Waals surface area contributed by atoms with Crippen LogP contribution >= 0.6 is 31.9 Å².